The maximum Gasteiger partial charge on any atom is 0.325 e. The van der Waals surface area contributed by atoms with Crippen LogP contribution in [0.4, 0.5) is 0 Å². The Morgan fingerprint density at radius 3 is 2.85 bits per heavy atom. The Morgan fingerprint density at radius 2 is 2.25 bits per heavy atom. The summed E-state index contributed by atoms with van der Waals surface area (Å²) >= 11 is 1.55. The summed E-state index contributed by atoms with van der Waals surface area (Å²) < 4.78 is 4.53. The van der Waals surface area contributed by atoms with Crippen LogP contribution in [0.15, 0.2) is 17.6 Å². The second-order valence-electron chi connectivity index (χ2n) is 4.29. The summed E-state index contributed by atoms with van der Waals surface area (Å²) in [6.07, 6.45) is 1.73. The molecule has 20 heavy (non-hydrogen) atoms. The van der Waals surface area contributed by atoms with E-state index in [2.05, 4.69) is 14.7 Å². The van der Waals surface area contributed by atoms with Gasteiger partial charge in [0.05, 0.1) is 17.8 Å². The lowest BCUT2D eigenvalue weighted by molar-refractivity contribution is -0.141. The Labute approximate surface area is 120 Å². The summed E-state index contributed by atoms with van der Waals surface area (Å²) in [5.74, 6) is -0.726. The van der Waals surface area contributed by atoms with Gasteiger partial charge in [-0.1, -0.05) is 0 Å². The van der Waals surface area contributed by atoms with Gasteiger partial charge in [-0.25, -0.2) is 4.98 Å². The molecule has 0 radical (unpaired) electrons. The van der Waals surface area contributed by atoms with E-state index in [0.29, 0.717) is 5.69 Å². The molecule has 0 fully saturated rings. The number of nitrogens with one attached hydrogen (secondary N) is 1. The number of aromatic amines is 1. The van der Waals surface area contributed by atoms with E-state index in [-0.39, 0.29) is 12.5 Å². The first-order valence-electron chi connectivity index (χ1n) is 5.94. The van der Waals surface area contributed by atoms with Crippen LogP contribution in [-0.4, -0.2) is 47.4 Å². The second kappa shape index (κ2) is 5.87. The third-order valence-corrected chi connectivity index (χ3v) is 3.54. The molecule has 7 heteroatoms. The molecule has 0 aromatic carbocycles. The van der Waals surface area contributed by atoms with E-state index in [1.54, 1.807) is 30.6 Å². The van der Waals surface area contributed by atoms with Crippen LogP contribution in [0, 0.1) is 6.92 Å². The Morgan fingerprint density at radius 1 is 1.50 bits per heavy atom. The van der Waals surface area contributed by atoms with E-state index in [1.807, 2.05) is 12.3 Å². The fourth-order valence-electron chi connectivity index (χ4n) is 1.70. The van der Waals surface area contributed by atoms with Gasteiger partial charge < -0.3 is 14.6 Å². The van der Waals surface area contributed by atoms with Crippen molar-refractivity contribution in [1.82, 2.24) is 14.9 Å². The van der Waals surface area contributed by atoms with Gasteiger partial charge in [-0.15, -0.1) is 11.3 Å². The molecule has 0 bridgehead atoms. The van der Waals surface area contributed by atoms with E-state index in [9.17, 15) is 9.59 Å². The summed E-state index contributed by atoms with van der Waals surface area (Å²) in [5.41, 5.74) is 2.10. The number of carbonyl (C=O) groups is 2. The van der Waals surface area contributed by atoms with Gasteiger partial charge in [-0.3, -0.25) is 9.59 Å². The fourth-order valence-corrected chi connectivity index (χ4v) is 2.32. The van der Waals surface area contributed by atoms with Crippen LogP contribution in [0.2, 0.25) is 0 Å². The van der Waals surface area contributed by atoms with Crippen LogP contribution >= 0.6 is 11.3 Å². The average molecular weight is 293 g/mol. The molecule has 2 heterocycles. The third kappa shape index (κ3) is 3.05. The van der Waals surface area contributed by atoms with Crippen molar-refractivity contribution in [1.29, 1.82) is 0 Å². The van der Waals surface area contributed by atoms with E-state index >= 15 is 0 Å². The van der Waals surface area contributed by atoms with Crippen LogP contribution in [0.3, 0.4) is 0 Å². The largest absolute Gasteiger partial charge is 0.468 e. The number of amides is 1. The van der Waals surface area contributed by atoms with Crippen LogP contribution in [0.25, 0.3) is 11.3 Å². The van der Waals surface area contributed by atoms with Crippen molar-refractivity contribution in [2.75, 3.05) is 20.7 Å². The number of thiazole rings is 1. The molecular formula is C13H15N3O3S. The molecule has 2 aromatic heterocycles. The van der Waals surface area contributed by atoms with Crippen molar-refractivity contribution in [2.45, 2.75) is 6.92 Å². The maximum absolute atomic E-state index is 12.1. The number of nitrogens with zero attached hydrogens (tertiary/aromatic N) is 2. The van der Waals surface area contributed by atoms with Gasteiger partial charge in [0, 0.05) is 24.2 Å². The number of rotatable bonds is 4. The molecule has 1 amide bonds. The summed E-state index contributed by atoms with van der Waals surface area (Å²) in [6.45, 7) is 1.84. The lowest BCUT2D eigenvalue weighted by atomic mass is 10.2. The highest BCUT2D eigenvalue weighted by atomic mass is 32.1. The highest BCUT2D eigenvalue weighted by Gasteiger charge is 2.17. The highest BCUT2D eigenvalue weighted by Crippen LogP contribution is 2.22. The number of aromatic nitrogens is 2. The number of ether oxygens (including phenoxy) is 1. The summed E-state index contributed by atoms with van der Waals surface area (Å²) in [6, 6.07) is 1.73. The third-order valence-electron chi connectivity index (χ3n) is 2.77. The predicted octanol–water partition coefficient (Wildman–Crippen LogP) is 1.69. The minimum absolute atomic E-state index is 0.0838. The molecular weight excluding hydrogens is 278 g/mol. The number of hydrogen-bond donors (Lipinski definition) is 1. The number of aryl methyl sites for hydroxylation is 1. The minimum atomic E-state index is -0.456. The molecule has 0 spiro atoms. The van der Waals surface area contributed by atoms with E-state index in [1.165, 1.54) is 12.0 Å². The Hall–Kier alpha value is -2.15. The second-order valence-corrected chi connectivity index (χ2v) is 5.35. The molecule has 0 saturated carbocycles. The Kier molecular flexibility index (Phi) is 4.19. The highest BCUT2D eigenvalue weighted by molar-refractivity contribution is 7.09. The molecule has 1 N–H and O–H groups in total. The molecule has 2 aromatic rings. The molecule has 0 atom stereocenters. The summed E-state index contributed by atoms with van der Waals surface area (Å²) in [4.78, 5) is 31.8. The van der Waals surface area contributed by atoms with Gasteiger partial charge in [-0.2, -0.15) is 0 Å². The SMILES string of the molecule is COC(=O)CN(C)C(=O)c1cc(-c2csc(C)n2)c[nH]1. The molecule has 0 aliphatic rings. The van der Waals surface area contributed by atoms with Crippen molar-refractivity contribution >= 4 is 23.2 Å². The van der Waals surface area contributed by atoms with Crippen molar-refractivity contribution in [2.24, 2.45) is 0 Å². The van der Waals surface area contributed by atoms with Crippen molar-refractivity contribution in [3.8, 4) is 11.3 Å². The lowest BCUT2D eigenvalue weighted by Gasteiger charge is -2.14. The standard InChI is InChI=1S/C13H15N3O3S/c1-8-15-11(7-20-8)9-4-10(14-5-9)13(18)16(2)6-12(17)19-3/h4-5,7,14H,6H2,1-3H3. The van der Waals surface area contributed by atoms with Gasteiger partial charge >= 0.3 is 5.97 Å². The predicted molar refractivity (Wildman–Crippen MR) is 75.6 cm³/mol. The van der Waals surface area contributed by atoms with Gasteiger partial charge in [0.2, 0.25) is 0 Å². The van der Waals surface area contributed by atoms with Crippen molar-refractivity contribution in [3.05, 3.63) is 28.3 Å². The number of likely N-dealkylation sites (N-methyl/N-ethyl adjacent to an activating group) is 1. The zero-order chi connectivity index (χ0) is 14.7. The number of H-pyrrole nitrogens is 1. The lowest BCUT2D eigenvalue weighted by Crippen LogP contribution is -2.32. The van der Waals surface area contributed by atoms with E-state index in [0.717, 1.165) is 16.3 Å². The molecule has 0 saturated heterocycles. The number of methoxy groups -OCH3 is 1. The molecule has 2 rings (SSSR count). The van der Waals surface area contributed by atoms with E-state index < -0.39 is 5.97 Å². The van der Waals surface area contributed by atoms with Crippen LogP contribution in [0.5, 0.6) is 0 Å². The quantitative estimate of drug-likeness (QED) is 0.870. The zero-order valence-corrected chi connectivity index (χ0v) is 12.3. The minimum Gasteiger partial charge on any atom is -0.468 e. The first-order valence-corrected chi connectivity index (χ1v) is 6.82. The number of hydrogen-bond acceptors (Lipinski definition) is 5. The normalized spacial score (nSPS) is 10.3. The molecule has 0 aliphatic heterocycles. The fraction of sp³-hybridized carbons (Fsp3) is 0.308. The topological polar surface area (TPSA) is 75.3 Å². The Bertz CT molecular complexity index is 632. The zero-order valence-electron chi connectivity index (χ0n) is 11.5. The molecule has 106 valence electrons. The van der Waals surface area contributed by atoms with Gasteiger partial charge in [0.15, 0.2) is 0 Å². The molecule has 0 unspecified atom stereocenters. The maximum atomic E-state index is 12.1. The van der Waals surface area contributed by atoms with Crippen molar-refractivity contribution in [3.63, 3.8) is 0 Å². The number of esters is 1. The van der Waals surface area contributed by atoms with Gasteiger partial charge in [-0.05, 0) is 13.0 Å². The monoisotopic (exact) mass is 293 g/mol. The number of carbonyl (C=O) groups excluding carboxylic acids is 2. The van der Waals surface area contributed by atoms with Crippen LogP contribution in [0.1, 0.15) is 15.5 Å². The summed E-state index contributed by atoms with van der Waals surface area (Å²) in [7, 11) is 2.84. The average Bonchev–Trinajstić information content (AvgIpc) is 3.06. The first kappa shape index (κ1) is 14.3. The van der Waals surface area contributed by atoms with E-state index in [4.69, 9.17) is 0 Å². The van der Waals surface area contributed by atoms with Crippen molar-refractivity contribution < 1.29 is 14.3 Å². The Balaban J connectivity index is 2.12. The molecule has 0 aliphatic carbocycles. The first-order chi connectivity index (χ1) is 9.51. The smallest absolute Gasteiger partial charge is 0.325 e. The summed E-state index contributed by atoms with van der Waals surface area (Å²) in [5, 5.41) is 2.90. The van der Waals surface area contributed by atoms with Crippen LogP contribution < -0.4 is 0 Å². The van der Waals surface area contributed by atoms with Gasteiger partial charge in [0.1, 0.15) is 12.2 Å². The molecule has 6 nitrogen and oxygen atoms in total. The van der Waals surface area contributed by atoms with Crippen LogP contribution in [-0.2, 0) is 9.53 Å². The van der Waals surface area contributed by atoms with Gasteiger partial charge in [0.25, 0.3) is 5.91 Å².